The summed E-state index contributed by atoms with van der Waals surface area (Å²) in [5.74, 6) is 1.79. The Morgan fingerprint density at radius 1 is 0.250 bits per heavy atom. The summed E-state index contributed by atoms with van der Waals surface area (Å²) in [5.41, 5.74) is 11.0. The van der Waals surface area contributed by atoms with E-state index in [2.05, 4.69) is 253 Å². The third-order valence-corrected chi connectivity index (χ3v) is 17.9. The van der Waals surface area contributed by atoms with Crippen molar-refractivity contribution in [3.05, 3.63) is 267 Å². The quantitative estimate of drug-likeness (QED) is 0.102. The van der Waals surface area contributed by atoms with Crippen molar-refractivity contribution >= 4 is 50.6 Å². The van der Waals surface area contributed by atoms with Crippen LogP contribution >= 0.6 is 0 Å². The lowest BCUT2D eigenvalue weighted by Gasteiger charge is -2.35. The van der Waals surface area contributed by atoms with Crippen LogP contribution in [-0.4, -0.2) is 27.6 Å². The van der Waals surface area contributed by atoms with Crippen LogP contribution in [0.2, 0.25) is 0 Å². The average Bonchev–Trinajstić information content (AvgIpc) is 3.77. The monoisotopic (exact) mass is 884 g/mol. The predicted molar refractivity (Wildman–Crippen MR) is 285 cm³/mol. The van der Waals surface area contributed by atoms with Crippen LogP contribution in [0.25, 0.3) is 83.9 Å². The smallest absolute Gasteiger partial charge is 0.238 e. The Labute approximate surface area is 397 Å². The summed E-state index contributed by atoms with van der Waals surface area (Å²) in [5, 5.41) is 7.35. The van der Waals surface area contributed by atoms with E-state index in [1.165, 1.54) is 54.1 Å². The third kappa shape index (κ3) is 7.32. The maximum absolute atomic E-state index is 5.43. The van der Waals surface area contributed by atoms with Gasteiger partial charge in [0, 0.05) is 21.9 Å². The predicted octanol–water partition coefficient (Wildman–Crippen LogP) is 12.7. The Balaban J connectivity index is 1.15. The minimum Gasteiger partial charge on any atom is -0.278 e. The van der Waals surface area contributed by atoms with Gasteiger partial charge in [0.25, 0.3) is 0 Å². The summed E-state index contributed by atoms with van der Waals surface area (Å²) >= 11 is 0. The van der Waals surface area contributed by atoms with Gasteiger partial charge >= 0.3 is 0 Å². The van der Waals surface area contributed by atoms with Gasteiger partial charge in [-0.1, -0.05) is 255 Å². The Morgan fingerprint density at radius 2 is 0.559 bits per heavy atom. The molecule has 0 amide bonds. The molecule has 0 spiro atoms. The van der Waals surface area contributed by atoms with Gasteiger partial charge in [0.05, 0.1) is 11.0 Å². The Kier molecular flexibility index (Phi) is 10.5. The molecular formula is C63H44N4Si. The van der Waals surface area contributed by atoms with Crippen LogP contribution in [0.1, 0.15) is 0 Å². The second-order valence-corrected chi connectivity index (χ2v) is 21.0. The maximum atomic E-state index is 5.43. The summed E-state index contributed by atoms with van der Waals surface area (Å²) in [4.78, 5) is 16.0. The molecule has 0 fully saturated rings. The molecule has 0 saturated carbocycles. The van der Waals surface area contributed by atoms with Gasteiger partial charge in [-0.2, -0.15) is 9.97 Å². The first-order chi connectivity index (χ1) is 33.7. The van der Waals surface area contributed by atoms with E-state index < -0.39 is 8.07 Å². The molecule has 0 unspecified atom stereocenters. The fraction of sp³-hybridized carbons (Fsp3) is 0. The molecule has 0 bridgehead atoms. The molecule has 2 heterocycles. The van der Waals surface area contributed by atoms with Crippen molar-refractivity contribution in [3.63, 3.8) is 0 Å². The molecule has 0 aliphatic rings. The number of para-hydroxylation sites is 2. The topological polar surface area (TPSA) is 43.6 Å². The molecule has 0 N–H and O–H groups in total. The normalized spacial score (nSPS) is 11.5. The second kappa shape index (κ2) is 17.6. The molecule has 68 heavy (non-hydrogen) atoms. The van der Waals surface area contributed by atoms with Crippen LogP contribution in [0.5, 0.6) is 0 Å². The first-order valence-corrected chi connectivity index (χ1v) is 25.1. The van der Waals surface area contributed by atoms with Crippen molar-refractivity contribution in [1.82, 2.24) is 19.5 Å². The van der Waals surface area contributed by atoms with Gasteiger partial charge in [-0.15, -0.1) is 0 Å². The van der Waals surface area contributed by atoms with E-state index in [1.807, 2.05) is 18.2 Å². The molecule has 12 aromatic rings. The number of hydrogen-bond acceptors (Lipinski definition) is 3. The van der Waals surface area contributed by atoms with Crippen molar-refractivity contribution in [2.75, 3.05) is 0 Å². The minimum absolute atomic E-state index is 0.571. The highest BCUT2D eigenvalue weighted by Crippen LogP contribution is 2.33. The molecule has 5 heteroatoms. The van der Waals surface area contributed by atoms with Gasteiger partial charge in [0.1, 0.15) is 0 Å². The van der Waals surface area contributed by atoms with E-state index in [0.29, 0.717) is 17.6 Å². The van der Waals surface area contributed by atoms with E-state index in [0.717, 1.165) is 32.9 Å². The zero-order chi connectivity index (χ0) is 45.3. The molecule has 0 aliphatic heterocycles. The number of nitrogens with zero attached hydrogens (tertiary/aromatic N) is 4. The van der Waals surface area contributed by atoms with Crippen LogP contribution in [0.15, 0.2) is 267 Å². The fourth-order valence-corrected chi connectivity index (χ4v) is 14.9. The number of aromatic nitrogens is 4. The molecule has 10 aromatic carbocycles. The molecule has 2 aromatic heterocycles. The van der Waals surface area contributed by atoms with Crippen LogP contribution in [-0.2, 0) is 0 Å². The van der Waals surface area contributed by atoms with Gasteiger partial charge in [0.15, 0.2) is 19.7 Å². The zero-order valence-corrected chi connectivity index (χ0v) is 38.2. The molecule has 320 valence electrons. The van der Waals surface area contributed by atoms with E-state index in [4.69, 9.17) is 15.0 Å². The van der Waals surface area contributed by atoms with Crippen molar-refractivity contribution < 1.29 is 0 Å². The minimum atomic E-state index is -3.25. The average molecular weight is 885 g/mol. The molecular weight excluding hydrogens is 841 g/mol. The first-order valence-electron chi connectivity index (χ1n) is 23.1. The summed E-state index contributed by atoms with van der Waals surface area (Å²) in [6, 6.07) is 96.3. The Morgan fingerprint density at radius 3 is 0.971 bits per heavy atom. The van der Waals surface area contributed by atoms with Crippen molar-refractivity contribution in [2.24, 2.45) is 0 Å². The standard InChI is InChI=1S/C63H44N4Si/c1-5-21-45(22-6-1)49-29-17-33-53(41-49)68(54-34-18-30-50(42-54)46-23-7-2-8-24-46,55-35-19-31-51(43-55)47-25-9-3-10-26-47)56-36-20-32-52(44-56)62-64-61(48-27-11-4-12-28-48)65-63(66-62)67-59-39-15-13-37-57(59)58-38-14-16-40-60(58)67/h1-44H. The van der Waals surface area contributed by atoms with Gasteiger partial charge < -0.3 is 0 Å². The lowest BCUT2D eigenvalue weighted by Crippen LogP contribution is -2.74. The summed E-state index contributed by atoms with van der Waals surface area (Å²) < 4.78 is 2.18. The summed E-state index contributed by atoms with van der Waals surface area (Å²) in [6.07, 6.45) is 0. The van der Waals surface area contributed by atoms with Gasteiger partial charge in [-0.3, -0.25) is 4.57 Å². The van der Waals surface area contributed by atoms with E-state index in [1.54, 1.807) is 0 Å². The highest BCUT2D eigenvalue weighted by atomic mass is 28.3. The van der Waals surface area contributed by atoms with Crippen LogP contribution in [0.4, 0.5) is 0 Å². The van der Waals surface area contributed by atoms with E-state index in [9.17, 15) is 0 Å². The van der Waals surface area contributed by atoms with E-state index in [-0.39, 0.29) is 0 Å². The molecule has 0 radical (unpaired) electrons. The molecule has 0 atom stereocenters. The zero-order valence-electron chi connectivity index (χ0n) is 37.2. The first kappa shape index (κ1) is 40.7. The molecule has 4 nitrogen and oxygen atoms in total. The van der Waals surface area contributed by atoms with Crippen molar-refractivity contribution in [3.8, 4) is 62.1 Å². The SMILES string of the molecule is c1ccc(-c2cccc([Si](c3cccc(-c4ccccc4)c3)(c3cccc(-c4ccccc4)c3)c3cccc(-c4nc(-c5ccccc5)nc(-n5c6ccccc6c6ccccc65)n4)c3)c2)cc1. The molecule has 12 rings (SSSR count). The van der Waals surface area contributed by atoms with Gasteiger partial charge in [0.2, 0.25) is 5.95 Å². The van der Waals surface area contributed by atoms with Gasteiger partial charge in [-0.05, 0) is 66.3 Å². The third-order valence-electron chi connectivity index (χ3n) is 13.2. The fourth-order valence-electron chi connectivity index (χ4n) is 10.0. The van der Waals surface area contributed by atoms with Crippen LogP contribution in [0.3, 0.4) is 0 Å². The Hall–Kier alpha value is -8.77. The second-order valence-electron chi connectivity index (χ2n) is 17.2. The lowest BCUT2D eigenvalue weighted by atomic mass is 10.1. The number of benzene rings is 10. The molecule has 0 aliphatic carbocycles. The van der Waals surface area contributed by atoms with Crippen molar-refractivity contribution in [1.29, 1.82) is 0 Å². The van der Waals surface area contributed by atoms with E-state index >= 15 is 0 Å². The Bertz CT molecular complexity index is 3490. The summed E-state index contributed by atoms with van der Waals surface area (Å²) in [7, 11) is -3.25. The number of rotatable bonds is 10. The van der Waals surface area contributed by atoms with Crippen LogP contribution < -0.4 is 20.7 Å². The molecule has 0 saturated heterocycles. The van der Waals surface area contributed by atoms with Gasteiger partial charge in [-0.25, -0.2) is 4.98 Å². The number of fused-ring (bicyclic) bond motifs is 3. The van der Waals surface area contributed by atoms with Crippen molar-refractivity contribution in [2.45, 2.75) is 0 Å². The lowest BCUT2D eigenvalue weighted by molar-refractivity contribution is 0.953. The highest BCUT2D eigenvalue weighted by Gasteiger charge is 2.42. The highest BCUT2D eigenvalue weighted by molar-refractivity contribution is 7.20. The maximum Gasteiger partial charge on any atom is 0.238 e. The summed E-state index contributed by atoms with van der Waals surface area (Å²) in [6.45, 7) is 0. The van der Waals surface area contributed by atoms with Crippen LogP contribution in [0, 0.1) is 0 Å². The number of hydrogen-bond donors (Lipinski definition) is 0. The largest absolute Gasteiger partial charge is 0.278 e.